The summed E-state index contributed by atoms with van der Waals surface area (Å²) in [6.07, 6.45) is -5.15. The van der Waals surface area contributed by atoms with Gasteiger partial charge in [0.05, 0.1) is 12.3 Å². The maximum atomic E-state index is 12.0. The van der Waals surface area contributed by atoms with E-state index in [0.29, 0.717) is 6.42 Å². The Balaban J connectivity index is 4.01. The molecule has 18 heavy (non-hydrogen) atoms. The lowest BCUT2D eigenvalue weighted by Crippen LogP contribution is -2.44. The van der Waals surface area contributed by atoms with E-state index in [0.717, 1.165) is 0 Å². The van der Waals surface area contributed by atoms with Gasteiger partial charge in [0.25, 0.3) is 0 Å². The van der Waals surface area contributed by atoms with Crippen LogP contribution in [0, 0.1) is 5.92 Å². The standard InChI is InChI=1S/C10H17F3N2O3/c1-3-7(8(16)17)5-14-9(18)15-6(2)4-10(11,12)13/h6-7H,3-5H2,1-2H3,(H,16,17)(H2,14,15,18). The molecule has 3 N–H and O–H groups in total. The molecule has 5 nitrogen and oxygen atoms in total. The molecule has 0 radical (unpaired) electrons. The number of rotatable bonds is 6. The highest BCUT2D eigenvalue weighted by atomic mass is 19.4. The third-order valence-electron chi connectivity index (χ3n) is 2.27. The Bertz CT molecular complexity index is 295. The second kappa shape index (κ2) is 7.07. The molecular formula is C10H17F3N2O3. The fourth-order valence-corrected chi connectivity index (χ4v) is 1.30. The van der Waals surface area contributed by atoms with Crippen molar-refractivity contribution in [1.29, 1.82) is 0 Å². The van der Waals surface area contributed by atoms with Crippen LogP contribution in [-0.4, -0.2) is 35.9 Å². The van der Waals surface area contributed by atoms with Gasteiger partial charge in [0.15, 0.2) is 0 Å². The highest BCUT2D eigenvalue weighted by Crippen LogP contribution is 2.21. The minimum Gasteiger partial charge on any atom is -0.481 e. The van der Waals surface area contributed by atoms with Crippen molar-refractivity contribution in [3.05, 3.63) is 0 Å². The van der Waals surface area contributed by atoms with E-state index < -0.39 is 36.6 Å². The van der Waals surface area contributed by atoms with Crippen LogP contribution in [0.25, 0.3) is 0 Å². The molecule has 0 bridgehead atoms. The summed E-state index contributed by atoms with van der Waals surface area (Å²) in [7, 11) is 0. The number of hydrogen-bond donors (Lipinski definition) is 3. The number of carboxylic acid groups (broad SMARTS) is 1. The molecule has 2 atom stereocenters. The lowest BCUT2D eigenvalue weighted by Gasteiger charge is -2.17. The first-order chi connectivity index (χ1) is 8.15. The van der Waals surface area contributed by atoms with Crippen molar-refractivity contribution in [2.45, 2.75) is 38.9 Å². The highest BCUT2D eigenvalue weighted by Gasteiger charge is 2.30. The van der Waals surface area contributed by atoms with Gasteiger partial charge in [-0.2, -0.15) is 13.2 Å². The van der Waals surface area contributed by atoms with Crippen LogP contribution in [0.1, 0.15) is 26.7 Å². The lowest BCUT2D eigenvalue weighted by molar-refractivity contribution is -0.141. The number of urea groups is 1. The van der Waals surface area contributed by atoms with E-state index in [2.05, 4.69) is 10.6 Å². The first kappa shape index (κ1) is 16.5. The minimum absolute atomic E-state index is 0.115. The zero-order chi connectivity index (χ0) is 14.3. The molecule has 0 heterocycles. The van der Waals surface area contributed by atoms with Crippen LogP contribution in [0.5, 0.6) is 0 Å². The van der Waals surface area contributed by atoms with Crippen molar-refractivity contribution in [3.8, 4) is 0 Å². The van der Waals surface area contributed by atoms with Crippen molar-refractivity contribution in [2.75, 3.05) is 6.54 Å². The van der Waals surface area contributed by atoms with Crippen LogP contribution >= 0.6 is 0 Å². The normalized spacial score (nSPS) is 14.7. The number of alkyl halides is 3. The maximum Gasteiger partial charge on any atom is 0.391 e. The molecule has 106 valence electrons. The monoisotopic (exact) mass is 270 g/mol. The van der Waals surface area contributed by atoms with Gasteiger partial charge >= 0.3 is 18.2 Å². The molecule has 0 aromatic heterocycles. The molecule has 0 aliphatic heterocycles. The third kappa shape index (κ3) is 7.75. The van der Waals surface area contributed by atoms with Crippen LogP contribution in [-0.2, 0) is 4.79 Å². The van der Waals surface area contributed by atoms with Gasteiger partial charge in [0.1, 0.15) is 0 Å². The number of hydrogen-bond acceptors (Lipinski definition) is 2. The summed E-state index contributed by atoms with van der Waals surface area (Å²) in [5.74, 6) is -1.80. The van der Waals surface area contributed by atoms with Gasteiger partial charge in [-0.25, -0.2) is 4.79 Å². The summed E-state index contributed by atoms with van der Waals surface area (Å²) in [6.45, 7) is 2.75. The summed E-state index contributed by atoms with van der Waals surface area (Å²) >= 11 is 0. The fourth-order valence-electron chi connectivity index (χ4n) is 1.30. The van der Waals surface area contributed by atoms with Gasteiger partial charge in [-0.1, -0.05) is 6.92 Å². The van der Waals surface area contributed by atoms with Gasteiger partial charge in [-0.15, -0.1) is 0 Å². The zero-order valence-corrected chi connectivity index (χ0v) is 10.2. The van der Waals surface area contributed by atoms with Gasteiger partial charge < -0.3 is 15.7 Å². The first-order valence-electron chi connectivity index (χ1n) is 5.49. The molecule has 0 spiro atoms. The summed E-state index contributed by atoms with van der Waals surface area (Å²) in [5.41, 5.74) is 0. The number of halogens is 3. The molecular weight excluding hydrogens is 253 g/mol. The van der Waals surface area contributed by atoms with Gasteiger partial charge in [-0.05, 0) is 13.3 Å². The fraction of sp³-hybridized carbons (Fsp3) is 0.800. The Morgan fingerprint density at radius 1 is 1.33 bits per heavy atom. The number of aliphatic carboxylic acids is 1. The average Bonchev–Trinajstić information content (AvgIpc) is 2.14. The van der Waals surface area contributed by atoms with Crippen LogP contribution in [0.15, 0.2) is 0 Å². The van der Waals surface area contributed by atoms with Crippen molar-refractivity contribution in [3.63, 3.8) is 0 Å². The predicted molar refractivity (Wildman–Crippen MR) is 58.1 cm³/mol. The molecule has 0 aromatic rings. The summed E-state index contributed by atoms with van der Waals surface area (Å²) in [4.78, 5) is 21.8. The summed E-state index contributed by atoms with van der Waals surface area (Å²) in [5, 5.41) is 13.0. The average molecular weight is 270 g/mol. The van der Waals surface area contributed by atoms with E-state index in [1.807, 2.05) is 0 Å². The third-order valence-corrected chi connectivity index (χ3v) is 2.27. The molecule has 2 unspecified atom stereocenters. The van der Waals surface area contributed by atoms with Crippen LogP contribution in [0.2, 0.25) is 0 Å². The Morgan fingerprint density at radius 3 is 2.28 bits per heavy atom. The summed E-state index contributed by atoms with van der Waals surface area (Å²) in [6, 6.07) is -1.86. The molecule has 0 fully saturated rings. The number of carboxylic acids is 1. The molecule has 0 saturated heterocycles. The Kier molecular flexibility index (Phi) is 6.50. The topological polar surface area (TPSA) is 78.4 Å². The van der Waals surface area contributed by atoms with E-state index in [4.69, 9.17) is 5.11 Å². The number of nitrogens with one attached hydrogen (secondary N) is 2. The highest BCUT2D eigenvalue weighted by molar-refractivity contribution is 5.76. The Hall–Kier alpha value is -1.47. The van der Waals surface area contributed by atoms with E-state index >= 15 is 0 Å². The first-order valence-corrected chi connectivity index (χ1v) is 5.49. The maximum absolute atomic E-state index is 12.0. The lowest BCUT2D eigenvalue weighted by atomic mass is 10.1. The van der Waals surface area contributed by atoms with E-state index in [9.17, 15) is 22.8 Å². The second-order valence-electron chi connectivity index (χ2n) is 4.02. The van der Waals surface area contributed by atoms with E-state index in [1.54, 1.807) is 6.92 Å². The van der Waals surface area contributed by atoms with Crippen molar-refractivity contribution in [2.24, 2.45) is 5.92 Å². The molecule has 0 aromatic carbocycles. The zero-order valence-electron chi connectivity index (χ0n) is 10.2. The molecule has 0 aliphatic rings. The van der Waals surface area contributed by atoms with Gasteiger partial charge in [-0.3, -0.25) is 4.79 Å². The van der Waals surface area contributed by atoms with Crippen LogP contribution < -0.4 is 10.6 Å². The molecule has 0 aliphatic carbocycles. The van der Waals surface area contributed by atoms with Crippen molar-refractivity contribution in [1.82, 2.24) is 10.6 Å². The Morgan fingerprint density at radius 2 is 1.89 bits per heavy atom. The molecule has 8 heteroatoms. The van der Waals surface area contributed by atoms with Crippen LogP contribution in [0.4, 0.5) is 18.0 Å². The SMILES string of the molecule is CCC(CNC(=O)NC(C)CC(F)(F)F)C(=O)O. The van der Waals surface area contributed by atoms with Crippen LogP contribution in [0.3, 0.4) is 0 Å². The largest absolute Gasteiger partial charge is 0.481 e. The van der Waals surface area contributed by atoms with Gasteiger partial charge in [0.2, 0.25) is 0 Å². The van der Waals surface area contributed by atoms with Crippen molar-refractivity contribution >= 4 is 12.0 Å². The molecule has 0 rings (SSSR count). The minimum atomic E-state index is -4.35. The smallest absolute Gasteiger partial charge is 0.391 e. The van der Waals surface area contributed by atoms with E-state index in [-0.39, 0.29) is 6.54 Å². The Labute approximate surface area is 103 Å². The van der Waals surface area contributed by atoms with Gasteiger partial charge in [0, 0.05) is 12.6 Å². The van der Waals surface area contributed by atoms with Crippen molar-refractivity contribution < 1.29 is 27.9 Å². The molecule has 0 saturated carbocycles. The number of amides is 2. The van der Waals surface area contributed by atoms with E-state index in [1.165, 1.54) is 6.92 Å². The second-order valence-corrected chi connectivity index (χ2v) is 4.02. The quantitative estimate of drug-likeness (QED) is 0.688. The summed E-state index contributed by atoms with van der Waals surface area (Å²) < 4.78 is 35.9. The molecule has 2 amide bonds. The predicted octanol–water partition coefficient (Wildman–Crippen LogP) is 1.74. The number of carbonyl (C=O) groups excluding carboxylic acids is 1. The number of carbonyl (C=O) groups is 2.